The Morgan fingerprint density at radius 2 is 1.82 bits per heavy atom. The van der Waals surface area contributed by atoms with Crippen LogP contribution < -0.4 is 0 Å². The fourth-order valence-electron chi connectivity index (χ4n) is 2.05. The van der Waals surface area contributed by atoms with Crippen LogP contribution in [-0.2, 0) is 7.05 Å². The Balaban J connectivity index is 2.34. The second-order valence-corrected chi connectivity index (χ2v) is 5.25. The Bertz CT molecular complexity index is 671. The highest BCUT2D eigenvalue weighted by Crippen LogP contribution is 2.28. The van der Waals surface area contributed by atoms with Crippen molar-refractivity contribution in [2.75, 3.05) is 0 Å². The monoisotopic (exact) mass is 334 g/mol. The summed E-state index contributed by atoms with van der Waals surface area (Å²) in [5, 5.41) is 5.83. The molecule has 3 rings (SSSR count). The van der Waals surface area contributed by atoms with E-state index < -0.39 is 0 Å². The van der Waals surface area contributed by atoms with Crippen molar-refractivity contribution in [3.63, 3.8) is 0 Å². The van der Waals surface area contributed by atoms with Gasteiger partial charge in [0.25, 0.3) is 0 Å². The van der Waals surface area contributed by atoms with Crippen LogP contribution in [0.2, 0.25) is 0 Å². The molecular weight excluding hydrogens is 323 g/mol. The first-order valence-corrected chi connectivity index (χ1v) is 6.51. The Morgan fingerprint density at radius 1 is 1.06 bits per heavy atom. The molecule has 0 fully saturated rings. The first-order chi connectivity index (χ1) is 8.25. The maximum absolute atomic E-state index is 4.61. The number of hydrogen-bond donors (Lipinski definition) is 0. The topological polar surface area (TPSA) is 17.8 Å². The van der Waals surface area contributed by atoms with Crippen LogP contribution in [0.3, 0.4) is 0 Å². The predicted octanol–water partition coefficient (Wildman–Crippen LogP) is 3.84. The molecule has 0 saturated heterocycles. The highest BCUT2D eigenvalue weighted by molar-refractivity contribution is 14.1. The second kappa shape index (κ2) is 4.14. The molecule has 84 valence electrons. The molecule has 0 amide bonds. The van der Waals surface area contributed by atoms with Crippen molar-refractivity contribution in [1.82, 2.24) is 9.78 Å². The number of nitrogens with zero attached hydrogens (tertiary/aromatic N) is 2. The van der Waals surface area contributed by atoms with Crippen LogP contribution in [0.4, 0.5) is 0 Å². The first kappa shape index (κ1) is 10.8. The third-order valence-electron chi connectivity index (χ3n) is 2.86. The Labute approximate surface area is 113 Å². The lowest BCUT2D eigenvalue weighted by atomic mass is 10.1. The van der Waals surface area contributed by atoms with Crippen LogP contribution >= 0.6 is 22.6 Å². The number of rotatable bonds is 1. The number of hydrogen-bond acceptors (Lipinski definition) is 1. The van der Waals surface area contributed by atoms with E-state index in [4.69, 9.17) is 0 Å². The molecule has 0 bridgehead atoms. The molecule has 1 aromatic heterocycles. The summed E-state index contributed by atoms with van der Waals surface area (Å²) in [4.78, 5) is 0. The molecule has 0 aliphatic rings. The summed E-state index contributed by atoms with van der Waals surface area (Å²) < 4.78 is 3.17. The van der Waals surface area contributed by atoms with E-state index in [2.05, 4.69) is 58.0 Å². The van der Waals surface area contributed by atoms with Gasteiger partial charge in [0.2, 0.25) is 0 Å². The van der Waals surface area contributed by atoms with Gasteiger partial charge in [0, 0.05) is 21.6 Å². The highest BCUT2D eigenvalue weighted by Gasteiger charge is 2.10. The zero-order valence-electron chi connectivity index (χ0n) is 9.39. The molecular formula is C14H11IN2. The standard InChI is InChI=1S/C14H11IN2/c1-17-13-8-7-11(15)9-12(13)14(16-17)10-5-3-2-4-6-10/h2-9H,1H3. The second-order valence-electron chi connectivity index (χ2n) is 4.00. The fourth-order valence-corrected chi connectivity index (χ4v) is 2.54. The SMILES string of the molecule is Cn1nc(-c2ccccc2)c2cc(I)ccc21. The summed E-state index contributed by atoms with van der Waals surface area (Å²) in [5.41, 5.74) is 3.39. The van der Waals surface area contributed by atoms with Gasteiger partial charge in [-0.05, 0) is 40.8 Å². The molecule has 0 aliphatic heterocycles. The van der Waals surface area contributed by atoms with Crippen LogP contribution in [0.1, 0.15) is 0 Å². The predicted molar refractivity (Wildman–Crippen MR) is 78.9 cm³/mol. The van der Waals surface area contributed by atoms with Gasteiger partial charge in [-0.3, -0.25) is 4.68 Å². The Morgan fingerprint density at radius 3 is 2.59 bits per heavy atom. The summed E-state index contributed by atoms with van der Waals surface area (Å²) in [6.07, 6.45) is 0. The summed E-state index contributed by atoms with van der Waals surface area (Å²) >= 11 is 2.34. The smallest absolute Gasteiger partial charge is 0.100 e. The van der Waals surface area contributed by atoms with Crippen LogP contribution in [0.25, 0.3) is 22.2 Å². The number of aromatic nitrogens is 2. The maximum Gasteiger partial charge on any atom is 0.100 e. The van der Waals surface area contributed by atoms with Crippen molar-refractivity contribution in [1.29, 1.82) is 0 Å². The van der Waals surface area contributed by atoms with E-state index >= 15 is 0 Å². The van der Waals surface area contributed by atoms with E-state index in [1.165, 1.54) is 20.0 Å². The normalized spacial score (nSPS) is 10.9. The fraction of sp³-hybridized carbons (Fsp3) is 0.0714. The van der Waals surface area contributed by atoms with Gasteiger partial charge in [-0.25, -0.2) is 0 Å². The third-order valence-corrected chi connectivity index (χ3v) is 3.53. The molecule has 1 heterocycles. The van der Waals surface area contributed by atoms with Crippen molar-refractivity contribution in [3.8, 4) is 11.3 Å². The number of benzene rings is 2. The largest absolute Gasteiger partial charge is 0.267 e. The maximum atomic E-state index is 4.61. The minimum absolute atomic E-state index is 1.06. The molecule has 0 unspecified atom stereocenters. The quantitative estimate of drug-likeness (QED) is 0.618. The van der Waals surface area contributed by atoms with Crippen LogP contribution in [-0.4, -0.2) is 9.78 Å². The van der Waals surface area contributed by atoms with Gasteiger partial charge in [-0.1, -0.05) is 30.3 Å². The van der Waals surface area contributed by atoms with Crippen molar-refractivity contribution in [3.05, 3.63) is 52.1 Å². The molecule has 0 spiro atoms. The van der Waals surface area contributed by atoms with Crippen LogP contribution in [0.5, 0.6) is 0 Å². The molecule has 0 N–H and O–H groups in total. The molecule has 0 saturated carbocycles. The summed E-state index contributed by atoms with van der Waals surface area (Å²) in [6, 6.07) is 16.7. The number of halogens is 1. The molecule has 3 aromatic rings. The van der Waals surface area contributed by atoms with E-state index in [1.807, 2.05) is 29.9 Å². The van der Waals surface area contributed by atoms with Gasteiger partial charge in [0.05, 0.1) is 5.52 Å². The van der Waals surface area contributed by atoms with Crippen LogP contribution in [0, 0.1) is 3.57 Å². The van der Waals surface area contributed by atoms with E-state index in [9.17, 15) is 0 Å². The molecule has 2 aromatic carbocycles. The highest BCUT2D eigenvalue weighted by atomic mass is 127. The Hall–Kier alpha value is -1.36. The molecule has 0 radical (unpaired) electrons. The van der Waals surface area contributed by atoms with Gasteiger partial charge in [0.1, 0.15) is 5.69 Å². The lowest BCUT2D eigenvalue weighted by Crippen LogP contribution is -1.89. The molecule has 0 aliphatic carbocycles. The molecule has 3 heteroatoms. The van der Waals surface area contributed by atoms with Gasteiger partial charge in [0.15, 0.2) is 0 Å². The average molecular weight is 334 g/mol. The van der Waals surface area contributed by atoms with Crippen molar-refractivity contribution >= 4 is 33.5 Å². The van der Waals surface area contributed by atoms with Gasteiger partial charge < -0.3 is 0 Å². The van der Waals surface area contributed by atoms with Crippen LogP contribution in [0.15, 0.2) is 48.5 Å². The first-order valence-electron chi connectivity index (χ1n) is 5.43. The average Bonchev–Trinajstić information content (AvgIpc) is 2.67. The Kier molecular flexibility index (Phi) is 2.63. The van der Waals surface area contributed by atoms with Gasteiger partial charge in [-0.2, -0.15) is 5.10 Å². The van der Waals surface area contributed by atoms with Gasteiger partial charge >= 0.3 is 0 Å². The minimum atomic E-state index is 1.06. The van der Waals surface area contributed by atoms with E-state index in [-0.39, 0.29) is 0 Å². The zero-order chi connectivity index (χ0) is 11.8. The third kappa shape index (κ3) is 1.84. The van der Waals surface area contributed by atoms with E-state index in [0.29, 0.717) is 0 Å². The molecule has 2 nitrogen and oxygen atoms in total. The molecule has 17 heavy (non-hydrogen) atoms. The zero-order valence-corrected chi connectivity index (χ0v) is 11.5. The lowest BCUT2D eigenvalue weighted by molar-refractivity contribution is 0.800. The lowest BCUT2D eigenvalue weighted by Gasteiger charge is -1.97. The minimum Gasteiger partial charge on any atom is -0.267 e. The van der Waals surface area contributed by atoms with E-state index in [0.717, 1.165) is 5.69 Å². The van der Waals surface area contributed by atoms with Crippen molar-refractivity contribution in [2.24, 2.45) is 7.05 Å². The number of fused-ring (bicyclic) bond motifs is 1. The molecule has 0 atom stereocenters. The summed E-state index contributed by atoms with van der Waals surface area (Å²) in [7, 11) is 1.99. The van der Waals surface area contributed by atoms with Crippen molar-refractivity contribution in [2.45, 2.75) is 0 Å². The van der Waals surface area contributed by atoms with E-state index in [1.54, 1.807) is 0 Å². The summed E-state index contributed by atoms with van der Waals surface area (Å²) in [5.74, 6) is 0. The van der Waals surface area contributed by atoms with Crippen molar-refractivity contribution < 1.29 is 0 Å². The summed E-state index contributed by atoms with van der Waals surface area (Å²) in [6.45, 7) is 0. The van der Waals surface area contributed by atoms with Gasteiger partial charge in [-0.15, -0.1) is 0 Å². The number of aryl methyl sites for hydroxylation is 1.